The molecule has 3 rings (SSSR count). The summed E-state index contributed by atoms with van der Waals surface area (Å²) in [5, 5.41) is 11.1. The fourth-order valence-electron chi connectivity index (χ4n) is 3.02. The summed E-state index contributed by atoms with van der Waals surface area (Å²) in [6.45, 7) is 4.23. The Morgan fingerprint density at radius 2 is 1.93 bits per heavy atom. The maximum Gasteiger partial charge on any atom is 0.271 e. The van der Waals surface area contributed by atoms with Crippen molar-refractivity contribution in [3.8, 4) is 5.75 Å². The van der Waals surface area contributed by atoms with Crippen LogP contribution < -0.4 is 4.74 Å². The Kier molecular flexibility index (Phi) is 5.71. The van der Waals surface area contributed by atoms with Gasteiger partial charge in [-0.3, -0.25) is 10.1 Å². The molecule has 3 aromatic rings. The Balaban J connectivity index is 1.95. The zero-order valence-electron chi connectivity index (χ0n) is 15.9. The molecular weight excluding hydrogens is 344 g/mol. The topological polar surface area (TPSA) is 73.4 Å². The summed E-state index contributed by atoms with van der Waals surface area (Å²) in [7, 11) is 4.05. The molecule has 0 unspecified atom stereocenters. The molecule has 0 saturated carbocycles. The van der Waals surface area contributed by atoms with E-state index in [1.165, 1.54) is 6.07 Å². The first-order valence-electron chi connectivity index (χ1n) is 8.98. The summed E-state index contributed by atoms with van der Waals surface area (Å²) in [5.74, 6) is 1.74. The fraction of sp³-hybridized carbons (Fsp3) is 0.350. The van der Waals surface area contributed by atoms with Gasteiger partial charge in [0.05, 0.1) is 22.6 Å². The monoisotopic (exact) mass is 368 g/mol. The van der Waals surface area contributed by atoms with Crippen LogP contribution in [0.3, 0.4) is 0 Å². The standard InChI is InChI=1S/C20H24N4O3/c1-4-27-17-8-5-15(6-9-17)13-20-21-18-14-16(24(25)26)7-10-19(18)23(20)12-11-22(2)3/h5-10,14H,4,11-13H2,1-3H3. The van der Waals surface area contributed by atoms with Gasteiger partial charge in [-0.2, -0.15) is 0 Å². The van der Waals surface area contributed by atoms with Gasteiger partial charge in [0.1, 0.15) is 11.6 Å². The van der Waals surface area contributed by atoms with E-state index in [-0.39, 0.29) is 10.6 Å². The molecular formula is C20H24N4O3. The summed E-state index contributed by atoms with van der Waals surface area (Å²) < 4.78 is 7.64. The third-order valence-corrected chi connectivity index (χ3v) is 4.39. The fourth-order valence-corrected chi connectivity index (χ4v) is 3.02. The van der Waals surface area contributed by atoms with Crippen molar-refractivity contribution in [2.45, 2.75) is 19.9 Å². The molecule has 1 aromatic heterocycles. The van der Waals surface area contributed by atoms with Gasteiger partial charge in [0.15, 0.2) is 0 Å². The number of nitro benzene ring substituents is 1. The molecule has 0 N–H and O–H groups in total. The number of rotatable bonds is 8. The number of non-ortho nitro benzene ring substituents is 1. The van der Waals surface area contributed by atoms with Gasteiger partial charge < -0.3 is 14.2 Å². The number of hydrogen-bond donors (Lipinski definition) is 0. The number of aromatic nitrogens is 2. The maximum atomic E-state index is 11.1. The molecule has 7 nitrogen and oxygen atoms in total. The van der Waals surface area contributed by atoms with Gasteiger partial charge in [-0.15, -0.1) is 0 Å². The van der Waals surface area contributed by atoms with Crippen LogP contribution in [0.1, 0.15) is 18.3 Å². The number of likely N-dealkylation sites (N-methyl/N-ethyl adjacent to an activating group) is 1. The Morgan fingerprint density at radius 1 is 1.19 bits per heavy atom. The van der Waals surface area contributed by atoms with Crippen molar-refractivity contribution in [1.82, 2.24) is 14.5 Å². The second-order valence-electron chi connectivity index (χ2n) is 6.67. The highest BCUT2D eigenvalue weighted by Gasteiger charge is 2.15. The first kappa shape index (κ1) is 18.8. The number of hydrogen-bond acceptors (Lipinski definition) is 5. The first-order valence-corrected chi connectivity index (χ1v) is 8.98. The van der Waals surface area contributed by atoms with Crippen LogP contribution in [-0.2, 0) is 13.0 Å². The van der Waals surface area contributed by atoms with Gasteiger partial charge >= 0.3 is 0 Å². The number of ether oxygens (including phenoxy) is 1. The quantitative estimate of drug-likeness (QED) is 0.449. The molecule has 0 spiro atoms. The second kappa shape index (κ2) is 8.18. The summed E-state index contributed by atoms with van der Waals surface area (Å²) in [5.41, 5.74) is 2.76. The van der Waals surface area contributed by atoms with Gasteiger partial charge in [-0.05, 0) is 44.8 Å². The lowest BCUT2D eigenvalue weighted by Gasteiger charge is -2.13. The first-order chi connectivity index (χ1) is 13.0. The van der Waals surface area contributed by atoms with Crippen molar-refractivity contribution in [2.75, 3.05) is 27.2 Å². The third kappa shape index (κ3) is 4.43. The highest BCUT2D eigenvalue weighted by molar-refractivity contribution is 5.78. The molecule has 27 heavy (non-hydrogen) atoms. The van der Waals surface area contributed by atoms with E-state index in [1.54, 1.807) is 12.1 Å². The van der Waals surface area contributed by atoms with E-state index in [0.29, 0.717) is 18.5 Å². The van der Waals surface area contributed by atoms with Crippen molar-refractivity contribution in [1.29, 1.82) is 0 Å². The second-order valence-corrected chi connectivity index (χ2v) is 6.67. The molecule has 0 bridgehead atoms. The predicted octanol–water partition coefficient (Wildman–Crippen LogP) is 3.50. The maximum absolute atomic E-state index is 11.1. The normalized spacial score (nSPS) is 11.3. The van der Waals surface area contributed by atoms with Crippen molar-refractivity contribution >= 4 is 16.7 Å². The van der Waals surface area contributed by atoms with Gasteiger partial charge in [0, 0.05) is 31.6 Å². The Bertz CT molecular complexity index is 932. The minimum Gasteiger partial charge on any atom is -0.494 e. The lowest BCUT2D eigenvalue weighted by molar-refractivity contribution is -0.384. The third-order valence-electron chi connectivity index (χ3n) is 4.39. The number of nitro groups is 1. The Morgan fingerprint density at radius 3 is 2.56 bits per heavy atom. The Labute approximate surface area is 158 Å². The number of imidazole rings is 1. The van der Waals surface area contributed by atoms with E-state index in [0.717, 1.165) is 35.7 Å². The molecule has 0 atom stereocenters. The predicted molar refractivity (Wildman–Crippen MR) is 105 cm³/mol. The van der Waals surface area contributed by atoms with Crippen LogP contribution in [0.15, 0.2) is 42.5 Å². The van der Waals surface area contributed by atoms with Crippen LogP contribution in [0, 0.1) is 10.1 Å². The van der Waals surface area contributed by atoms with Crippen LogP contribution in [0.5, 0.6) is 5.75 Å². The van der Waals surface area contributed by atoms with Crippen LogP contribution in [0.25, 0.3) is 11.0 Å². The molecule has 0 fully saturated rings. The van der Waals surface area contributed by atoms with Crippen LogP contribution in [0.2, 0.25) is 0 Å². The highest BCUT2D eigenvalue weighted by atomic mass is 16.6. The average molecular weight is 368 g/mol. The van der Waals surface area contributed by atoms with Crippen molar-refractivity contribution in [2.24, 2.45) is 0 Å². The van der Waals surface area contributed by atoms with Crippen molar-refractivity contribution in [3.05, 3.63) is 64.0 Å². The van der Waals surface area contributed by atoms with Gasteiger partial charge in [-0.1, -0.05) is 12.1 Å². The minimum absolute atomic E-state index is 0.0624. The SMILES string of the molecule is CCOc1ccc(Cc2nc3cc([N+](=O)[O-])ccc3n2CCN(C)C)cc1. The van der Waals surface area contributed by atoms with E-state index in [1.807, 2.05) is 45.3 Å². The number of nitrogens with zero attached hydrogens (tertiary/aromatic N) is 4. The number of benzene rings is 2. The van der Waals surface area contributed by atoms with E-state index in [9.17, 15) is 10.1 Å². The molecule has 7 heteroatoms. The molecule has 1 heterocycles. The van der Waals surface area contributed by atoms with Crippen LogP contribution >= 0.6 is 0 Å². The van der Waals surface area contributed by atoms with Crippen LogP contribution in [0.4, 0.5) is 5.69 Å². The number of fused-ring (bicyclic) bond motifs is 1. The van der Waals surface area contributed by atoms with E-state index in [4.69, 9.17) is 9.72 Å². The van der Waals surface area contributed by atoms with E-state index < -0.39 is 0 Å². The lowest BCUT2D eigenvalue weighted by atomic mass is 10.1. The van der Waals surface area contributed by atoms with Gasteiger partial charge in [-0.25, -0.2) is 4.98 Å². The van der Waals surface area contributed by atoms with Crippen molar-refractivity contribution in [3.63, 3.8) is 0 Å². The minimum atomic E-state index is -0.385. The highest BCUT2D eigenvalue weighted by Crippen LogP contribution is 2.24. The summed E-state index contributed by atoms with van der Waals surface area (Å²) in [6.07, 6.45) is 0.655. The van der Waals surface area contributed by atoms with Gasteiger partial charge in [0.2, 0.25) is 0 Å². The van der Waals surface area contributed by atoms with Gasteiger partial charge in [0.25, 0.3) is 5.69 Å². The molecule has 0 aliphatic carbocycles. The zero-order valence-corrected chi connectivity index (χ0v) is 15.9. The largest absolute Gasteiger partial charge is 0.494 e. The van der Waals surface area contributed by atoms with Crippen molar-refractivity contribution < 1.29 is 9.66 Å². The molecule has 142 valence electrons. The zero-order chi connectivity index (χ0) is 19.4. The smallest absolute Gasteiger partial charge is 0.271 e. The molecule has 0 aliphatic heterocycles. The summed E-state index contributed by atoms with van der Waals surface area (Å²) in [4.78, 5) is 17.5. The van der Waals surface area contributed by atoms with E-state index in [2.05, 4.69) is 9.47 Å². The molecule has 0 aliphatic rings. The summed E-state index contributed by atoms with van der Waals surface area (Å²) in [6, 6.07) is 12.8. The molecule has 2 aromatic carbocycles. The van der Waals surface area contributed by atoms with Crippen LogP contribution in [-0.4, -0.2) is 46.6 Å². The molecule has 0 amide bonds. The van der Waals surface area contributed by atoms with E-state index >= 15 is 0 Å². The molecule has 0 saturated heterocycles. The summed E-state index contributed by atoms with van der Waals surface area (Å²) >= 11 is 0. The average Bonchev–Trinajstić information content (AvgIpc) is 2.98. The molecule has 0 radical (unpaired) electrons. The Hall–Kier alpha value is -2.93. The lowest BCUT2D eigenvalue weighted by Crippen LogP contribution is -2.19.